The van der Waals surface area contributed by atoms with E-state index in [0.717, 1.165) is 5.69 Å². The molecular weight excluding hydrogens is 240 g/mol. The molecule has 0 aromatic heterocycles. The zero-order chi connectivity index (χ0) is 12.6. The van der Waals surface area contributed by atoms with Crippen LogP contribution in [0.25, 0.3) is 0 Å². The predicted octanol–water partition coefficient (Wildman–Crippen LogP) is 1.90. The zero-order valence-corrected chi connectivity index (χ0v) is 10.5. The number of carbonyl (C=O) groups excluding carboxylic acids is 1. The predicted molar refractivity (Wildman–Crippen MR) is 66.6 cm³/mol. The van der Waals surface area contributed by atoms with E-state index in [1.165, 1.54) is 5.01 Å². The minimum absolute atomic E-state index is 0.0319. The molecule has 0 aliphatic heterocycles. The first kappa shape index (κ1) is 12.2. The average molecular weight is 255 g/mol. The molecule has 4 nitrogen and oxygen atoms in total. The van der Waals surface area contributed by atoms with Gasteiger partial charge in [0.15, 0.2) is 0 Å². The molecule has 1 aromatic rings. The van der Waals surface area contributed by atoms with Crippen LogP contribution in [0.3, 0.4) is 0 Å². The zero-order valence-electron chi connectivity index (χ0n) is 9.77. The van der Waals surface area contributed by atoms with E-state index in [1.54, 1.807) is 31.3 Å². The molecule has 0 saturated heterocycles. The number of aliphatic hydroxyl groups is 1. The Morgan fingerprint density at radius 1 is 1.53 bits per heavy atom. The molecule has 17 heavy (non-hydrogen) atoms. The lowest BCUT2D eigenvalue weighted by molar-refractivity contribution is -0.140. The van der Waals surface area contributed by atoms with Gasteiger partial charge in [0.25, 0.3) is 5.91 Å². The van der Waals surface area contributed by atoms with Gasteiger partial charge < -0.3 is 5.11 Å². The third-order valence-electron chi connectivity index (χ3n) is 3.09. The third-order valence-corrected chi connectivity index (χ3v) is 3.34. The van der Waals surface area contributed by atoms with Crippen LogP contribution in [-0.4, -0.2) is 28.7 Å². The number of anilines is 1. The fraction of sp³-hybridized carbons (Fsp3) is 0.417. The maximum absolute atomic E-state index is 11.9. The minimum Gasteiger partial charge on any atom is -0.380 e. The normalized spacial score (nSPS) is 26.5. The van der Waals surface area contributed by atoms with E-state index >= 15 is 0 Å². The van der Waals surface area contributed by atoms with E-state index in [0.29, 0.717) is 11.4 Å². The lowest BCUT2D eigenvalue weighted by Gasteiger charge is -2.22. The first-order chi connectivity index (χ1) is 7.93. The molecule has 5 heteroatoms. The molecule has 2 N–H and O–H groups in total. The summed E-state index contributed by atoms with van der Waals surface area (Å²) >= 11 is 5.76. The van der Waals surface area contributed by atoms with Crippen molar-refractivity contribution in [3.05, 3.63) is 29.3 Å². The van der Waals surface area contributed by atoms with Crippen molar-refractivity contribution in [2.75, 3.05) is 12.5 Å². The Morgan fingerprint density at radius 2 is 2.06 bits per heavy atom. The molecule has 1 aliphatic rings. The van der Waals surface area contributed by atoms with E-state index in [1.807, 2.05) is 6.92 Å². The summed E-state index contributed by atoms with van der Waals surface area (Å²) in [5.41, 5.74) is 2.47. The van der Waals surface area contributed by atoms with Gasteiger partial charge in [-0.05, 0) is 36.6 Å². The van der Waals surface area contributed by atoms with Crippen LogP contribution in [0.4, 0.5) is 5.69 Å². The summed E-state index contributed by atoms with van der Waals surface area (Å²) in [7, 11) is 1.60. The van der Waals surface area contributed by atoms with Crippen molar-refractivity contribution in [1.29, 1.82) is 0 Å². The van der Waals surface area contributed by atoms with Crippen LogP contribution in [0.5, 0.6) is 0 Å². The lowest BCUT2D eigenvalue weighted by atomic mass is 10.2. The fourth-order valence-electron chi connectivity index (χ4n) is 1.77. The van der Waals surface area contributed by atoms with Gasteiger partial charge in [-0.15, -0.1) is 0 Å². The molecule has 2 rings (SSSR count). The Bertz CT molecular complexity index is 435. The van der Waals surface area contributed by atoms with E-state index < -0.39 is 5.60 Å². The standard InChI is InChI=1S/C12H15ClN2O2/c1-8-7-12(8,17)11(16)15(2)14-10-5-3-9(13)4-6-10/h3-6,8,14,17H,7H2,1-2H3. The second kappa shape index (κ2) is 4.20. The quantitative estimate of drug-likeness (QED) is 0.810. The van der Waals surface area contributed by atoms with Gasteiger partial charge in [-0.1, -0.05) is 18.5 Å². The van der Waals surface area contributed by atoms with Crippen molar-refractivity contribution in [3.63, 3.8) is 0 Å². The van der Waals surface area contributed by atoms with Crippen LogP contribution >= 0.6 is 11.6 Å². The Kier molecular flexibility index (Phi) is 3.02. The number of nitrogens with one attached hydrogen (secondary N) is 1. The van der Waals surface area contributed by atoms with E-state index in [2.05, 4.69) is 5.43 Å². The number of hydrogen-bond acceptors (Lipinski definition) is 3. The van der Waals surface area contributed by atoms with Gasteiger partial charge in [0.1, 0.15) is 5.60 Å². The summed E-state index contributed by atoms with van der Waals surface area (Å²) in [6.07, 6.45) is 0.526. The van der Waals surface area contributed by atoms with Gasteiger partial charge in [0, 0.05) is 12.1 Å². The number of benzene rings is 1. The first-order valence-corrected chi connectivity index (χ1v) is 5.84. The lowest BCUT2D eigenvalue weighted by Crippen LogP contribution is -2.42. The molecule has 1 amide bonds. The van der Waals surface area contributed by atoms with Gasteiger partial charge in [-0.2, -0.15) is 0 Å². The number of amides is 1. The largest absolute Gasteiger partial charge is 0.380 e. The maximum atomic E-state index is 11.9. The Morgan fingerprint density at radius 3 is 2.53 bits per heavy atom. The van der Waals surface area contributed by atoms with Crippen molar-refractivity contribution in [2.45, 2.75) is 18.9 Å². The SMILES string of the molecule is CC1CC1(O)C(=O)N(C)Nc1ccc(Cl)cc1. The molecule has 1 aliphatic carbocycles. The van der Waals surface area contributed by atoms with Crippen molar-refractivity contribution in [2.24, 2.45) is 5.92 Å². The molecule has 2 atom stereocenters. The van der Waals surface area contributed by atoms with E-state index in [-0.39, 0.29) is 11.8 Å². The summed E-state index contributed by atoms with van der Waals surface area (Å²) in [5, 5.41) is 11.9. The van der Waals surface area contributed by atoms with Crippen molar-refractivity contribution in [1.82, 2.24) is 5.01 Å². The molecule has 1 saturated carbocycles. The smallest absolute Gasteiger partial charge is 0.272 e. The maximum Gasteiger partial charge on any atom is 0.272 e. The fourth-order valence-corrected chi connectivity index (χ4v) is 1.89. The van der Waals surface area contributed by atoms with E-state index in [9.17, 15) is 9.90 Å². The molecule has 0 heterocycles. The molecule has 92 valence electrons. The molecule has 0 spiro atoms. The van der Waals surface area contributed by atoms with Gasteiger partial charge >= 0.3 is 0 Å². The highest BCUT2D eigenvalue weighted by molar-refractivity contribution is 6.30. The molecule has 1 aromatic carbocycles. The van der Waals surface area contributed by atoms with Crippen molar-refractivity contribution >= 4 is 23.2 Å². The number of likely N-dealkylation sites (N-methyl/N-ethyl adjacent to an activating group) is 1. The number of hydrazine groups is 1. The summed E-state index contributed by atoms with van der Waals surface area (Å²) in [4.78, 5) is 11.9. The van der Waals surface area contributed by atoms with Crippen molar-refractivity contribution < 1.29 is 9.90 Å². The van der Waals surface area contributed by atoms with Gasteiger partial charge in [-0.25, -0.2) is 0 Å². The highest BCUT2D eigenvalue weighted by Crippen LogP contribution is 2.43. The number of rotatable bonds is 3. The summed E-state index contributed by atoms with van der Waals surface area (Å²) in [6, 6.07) is 7.01. The number of nitrogens with zero attached hydrogens (tertiary/aromatic N) is 1. The van der Waals surface area contributed by atoms with Gasteiger partial charge in [-0.3, -0.25) is 15.2 Å². The average Bonchev–Trinajstić information content (AvgIpc) is 2.90. The van der Waals surface area contributed by atoms with Crippen molar-refractivity contribution in [3.8, 4) is 0 Å². The molecular formula is C12H15ClN2O2. The number of hydrogen-bond donors (Lipinski definition) is 2. The summed E-state index contributed by atoms with van der Waals surface area (Å²) in [6.45, 7) is 1.86. The Hall–Kier alpha value is -1.26. The van der Waals surface area contributed by atoms with Crippen LogP contribution in [0.2, 0.25) is 5.02 Å². The highest BCUT2D eigenvalue weighted by Gasteiger charge is 2.57. The highest BCUT2D eigenvalue weighted by atomic mass is 35.5. The number of halogens is 1. The molecule has 1 fully saturated rings. The molecule has 2 unspecified atom stereocenters. The molecule has 0 bridgehead atoms. The van der Waals surface area contributed by atoms with E-state index in [4.69, 9.17) is 11.6 Å². The van der Waals surface area contributed by atoms with Gasteiger partial charge in [0.05, 0.1) is 5.69 Å². The first-order valence-electron chi connectivity index (χ1n) is 5.46. The Balaban J connectivity index is 2.00. The Labute approximate surface area is 105 Å². The van der Waals surface area contributed by atoms with Crippen LogP contribution < -0.4 is 5.43 Å². The van der Waals surface area contributed by atoms with Crippen LogP contribution in [0.1, 0.15) is 13.3 Å². The third kappa shape index (κ3) is 2.37. The number of carbonyl (C=O) groups is 1. The molecule has 0 radical (unpaired) electrons. The van der Waals surface area contributed by atoms with Crippen LogP contribution in [0, 0.1) is 5.92 Å². The summed E-state index contributed by atoms with van der Waals surface area (Å²) < 4.78 is 0. The minimum atomic E-state index is -1.19. The second-order valence-corrected chi connectivity index (χ2v) is 4.95. The topological polar surface area (TPSA) is 52.6 Å². The summed E-state index contributed by atoms with van der Waals surface area (Å²) in [5.74, 6) is -0.274. The second-order valence-electron chi connectivity index (χ2n) is 4.51. The monoisotopic (exact) mass is 254 g/mol. The van der Waals surface area contributed by atoms with Crippen LogP contribution in [0.15, 0.2) is 24.3 Å². The van der Waals surface area contributed by atoms with Gasteiger partial charge in [0.2, 0.25) is 0 Å². The van der Waals surface area contributed by atoms with Crippen LogP contribution in [-0.2, 0) is 4.79 Å².